The summed E-state index contributed by atoms with van der Waals surface area (Å²) in [7, 11) is -4.72. The maximum Gasteiger partial charge on any atom is 0.417 e. The van der Waals surface area contributed by atoms with Crippen LogP contribution in [0, 0.1) is 0 Å². The summed E-state index contributed by atoms with van der Waals surface area (Å²) in [5.74, 6) is -1.66. The van der Waals surface area contributed by atoms with Crippen LogP contribution in [0.2, 0.25) is 0 Å². The summed E-state index contributed by atoms with van der Waals surface area (Å²) < 4.78 is 66.1. The van der Waals surface area contributed by atoms with Crippen molar-refractivity contribution >= 4 is 16.0 Å². The maximum atomic E-state index is 13.2. The smallest absolute Gasteiger partial charge is 0.417 e. The van der Waals surface area contributed by atoms with Crippen LogP contribution in [0.5, 0.6) is 0 Å². The van der Waals surface area contributed by atoms with Gasteiger partial charge in [-0.3, -0.25) is 0 Å². The van der Waals surface area contributed by atoms with Crippen molar-refractivity contribution in [2.24, 2.45) is 0 Å². The maximum absolute atomic E-state index is 13.2. The van der Waals surface area contributed by atoms with Crippen molar-refractivity contribution in [2.45, 2.75) is 30.1 Å². The molecule has 138 valence electrons. The quantitative estimate of drug-likeness (QED) is 0.805. The first kappa shape index (κ1) is 18.4. The molecule has 0 saturated carbocycles. The largest absolute Gasteiger partial charge is 0.548 e. The third kappa shape index (κ3) is 3.19. The predicted octanol–water partition coefficient (Wildman–Crippen LogP) is 1.57. The second-order valence-electron chi connectivity index (χ2n) is 5.85. The average Bonchev–Trinajstić information content (AvgIpc) is 2.59. The number of nitrogens with zero attached hydrogens (tertiary/aromatic N) is 1. The first-order chi connectivity index (χ1) is 12.1. The number of sulfonamides is 1. The Bertz CT molecular complexity index is 956. The van der Waals surface area contributed by atoms with Crippen molar-refractivity contribution in [3.8, 4) is 0 Å². The highest BCUT2D eigenvalue weighted by atomic mass is 32.2. The van der Waals surface area contributed by atoms with Crippen molar-refractivity contribution < 1.29 is 31.5 Å². The van der Waals surface area contributed by atoms with Gasteiger partial charge >= 0.3 is 6.18 Å². The number of carbonyl (C=O) groups excluding carboxylic acids is 1. The van der Waals surface area contributed by atoms with Gasteiger partial charge in [0, 0.05) is 6.54 Å². The number of hydrogen-bond acceptors (Lipinski definition) is 4. The highest BCUT2D eigenvalue weighted by Gasteiger charge is 2.42. The fourth-order valence-electron chi connectivity index (χ4n) is 3.00. The van der Waals surface area contributed by atoms with Crippen LogP contribution in [-0.4, -0.2) is 24.7 Å². The first-order valence-corrected chi connectivity index (χ1v) is 9.02. The van der Waals surface area contributed by atoms with E-state index in [1.54, 1.807) is 24.3 Å². The van der Waals surface area contributed by atoms with Gasteiger partial charge in [-0.2, -0.15) is 17.5 Å². The lowest BCUT2D eigenvalue weighted by atomic mass is 9.96. The van der Waals surface area contributed by atoms with Gasteiger partial charge in [0.25, 0.3) is 0 Å². The molecule has 0 N–H and O–H groups in total. The van der Waals surface area contributed by atoms with E-state index >= 15 is 0 Å². The van der Waals surface area contributed by atoms with Crippen LogP contribution in [0.1, 0.15) is 16.7 Å². The van der Waals surface area contributed by atoms with E-state index in [1.807, 2.05) is 0 Å². The molecule has 0 fully saturated rings. The Morgan fingerprint density at radius 2 is 1.62 bits per heavy atom. The van der Waals surface area contributed by atoms with E-state index in [1.165, 1.54) is 0 Å². The Labute approximate surface area is 147 Å². The topological polar surface area (TPSA) is 77.5 Å². The van der Waals surface area contributed by atoms with Gasteiger partial charge in [0.15, 0.2) is 0 Å². The van der Waals surface area contributed by atoms with E-state index in [-0.39, 0.29) is 13.0 Å². The van der Waals surface area contributed by atoms with Gasteiger partial charge in [0.2, 0.25) is 10.0 Å². The van der Waals surface area contributed by atoms with Gasteiger partial charge in [-0.15, -0.1) is 0 Å². The van der Waals surface area contributed by atoms with Gasteiger partial charge in [0.05, 0.1) is 22.5 Å². The number of aliphatic carboxylic acids is 1. The lowest BCUT2D eigenvalue weighted by Gasteiger charge is -2.36. The number of carboxylic acid groups (broad SMARTS) is 1. The minimum absolute atomic E-state index is 0.175. The van der Waals surface area contributed by atoms with Gasteiger partial charge in [-0.1, -0.05) is 36.4 Å². The number of carbonyl (C=O) groups is 1. The number of fused-ring (bicyclic) bond motifs is 1. The lowest BCUT2D eigenvalue weighted by molar-refractivity contribution is -0.310. The Kier molecular flexibility index (Phi) is 4.53. The molecule has 0 amide bonds. The molecule has 0 bridgehead atoms. The number of alkyl halides is 3. The van der Waals surface area contributed by atoms with E-state index in [0.29, 0.717) is 21.5 Å². The second kappa shape index (κ2) is 6.40. The van der Waals surface area contributed by atoms with Gasteiger partial charge < -0.3 is 9.90 Å². The molecule has 2 aromatic carbocycles. The lowest BCUT2D eigenvalue weighted by Crippen LogP contribution is -2.53. The van der Waals surface area contributed by atoms with Gasteiger partial charge in [-0.05, 0) is 29.7 Å². The molecule has 1 atom stereocenters. The van der Waals surface area contributed by atoms with Crippen LogP contribution in [0.15, 0.2) is 53.4 Å². The van der Waals surface area contributed by atoms with Crippen molar-refractivity contribution in [3.05, 3.63) is 65.2 Å². The molecule has 1 aliphatic heterocycles. The standard InChI is InChI=1S/C17H14F3NO4S/c18-17(19,20)13-7-3-4-8-15(13)26(24,25)21-10-12-6-2-1-5-11(12)9-14(21)16(22)23/h1-8,14H,9-10H2,(H,22,23)/p-1/t14-/m1/s1. The second-order valence-corrected chi connectivity index (χ2v) is 7.71. The van der Waals surface area contributed by atoms with E-state index in [2.05, 4.69) is 0 Å². The number of hydrogen-bond donors (Lipinski definition) is 0. The van der Waals surface area contributed by atoms with Crippen LogP contribution in [0.25, 0.3) is 0 Å². The molecular formula is C17H13F3NO4S-. The molecule has 1 heterocycles. The van der Waals surface area contributed by atoms with Crippen molar-refractivity contribution in [1.82, 2.24) is 4.31 Å². The summed E-state index contributed by atoms with van der Waals surface area (Å²) in [4.78, 5) is 10.5. The van der Waals surface area contributed by atoms with E-state index in [4.69, 9.17) is 0 Å². The summed E-state index contributed by atoms with van der Waals surface area (Å²) in [5.41, 5.74) is -0.175. The van der Waals surface area contributed by atoms with E-state index < -0.39 is 38.7 Å². The monoisotopic (exact) mass is 384 g/mol. The summed E-state index contributed by atoms with van der Waals surface area (Å²) in [6.45, 7) is -0.344. The molecule has 9 heteroatoms. The molecule has 3 rings (SSSR count). The Morgan fingerprint density at radius 3 is 2.23 bits per heavy atom. The van der Waals surface area contributed by atoms with Crippen molar-refractivity contribution in [1.29, 1.82) is 0 Å². The zero-order chi connectivity index (χ0) is 19.1. The van der Waals surface area contributed by atoms with Crippen molar-refractivity contribution in [3.63, 3.8) is 0 Å². The minimum atomic E-state index is -4.89. The third-order valence-electron chi connectivity index (χ3n) is 4.26. The average molecular weight is 384 g/mol. The molecule has 5 nitrogen and oxygen atoms in total. The van der Waals surface area contributed by atoms with E-state index in [9.17, 15) is 31.5 Å². The highest BCUT2D eigenvalue weighted by Crippen LogP contribution is 2.37. The highest BCUT2D eigenvalue weighted by molar-refractivity contribution is 7.89. The molecule has 1 aliphatic rings. The molecule has 2 aromatic rings. The molecule has 0 radical (unpaired) electrons. The fourth-order valence-corrected chi connectivity index (χ4v) is 4.77. The van der Waals surface area contributed by atoms with Crippen LogP contribution < -0.4 is 5.11 Å². The Hall–Kier alpha value is -2.39. The Balaban J connectivity index is 2.14. The zero-order valence-corrected chi connectivity index (χ0v) is 14.0. The van der Waals surface area contributed by atoms with Crippen LogP contribution in [0.4, 0.5) is 13.2 Å². The Morgan fingerprint density at radius 1 is 1.04 bits per heavy atom. The molecule has 0 aliphatic carbocycles. The van der Waals surface area contributed by atoms with Crippen LogP contribution in [-0.2, 0) is 34.0 Å². The molecular weight excluding hydrogens is 371 g/mol. The minimum Gasteiger partial charge on any atom is -0.548 e. The van der Waals surface area contributed by atoms with E-state index in [0.717, 1.165) is 18.2 Å². The summed E-state index contributed by atoms with van der Waals surface area (Å²) in [6, 6.07) is 8.71. The SMILES string of the molecule is O=C([O-])[C@H]1Cc2ccccc2CN1S(=O)(=O)c1ccccc1C(F)(F)F. The molecule has 0 saturated heterocycles. The van der Waals surface area contributed by atoms with Crippen molar-refractivity contribution in [2.75, 3.05) is 0 Å². The normalized spacial score (nSPS) is 18.3. The summed E-state index contributed by atoms with van der Waals surface area (Å²) in [6.07, 6.45) is -5.07. The fraction of sp³-hybridized carbons (Fsp3) is 0.235. The number of rotatable bonds is 3. The molecule has 0 aromatic heterocycles. The number of benzene rings is 2. The van der Waals surface area contributed by atoms with Gasteiger partial charge in [-0.25, -0.2) is 8.42 Å². The van der Waals surface area contributed by atoms with Crippen LogP contribution >= 0.6 is 0 Å². The third-order valence-corrected chi connectivity index (χ3v) is 6.17. The summed E-state index contributed by atoms with van der Waals surface area (Å²) in [5, 5.41) is 11.5. The summed E-state index contributed by atoms with van der Waals surface area (Å²) >= 11 is 0. The first-order valence-electron chi connectivity index (χ1n) is 7.58. The molecule has 0 unspecified atom stereocenters. The van der Waals surface area contributed by atoms with Crippen LogP contribution in [0.3, 0.4) is 0 Å². The number of halogens is 3. The van der Waals surface area contributed by atoms with Gasteiger partial charge in [0.1, 0.15) is 0 Å². The molecule has 0 spiro atoms. The predicted molar refractivity (Wildman–Crippen MR) is 83.1 cm³/mol. The zero-order valence-electron chi connectivity index (χ0n) is 13.2. The number of carboxylic acids is 1. The molecule has 26 heavy (non-hydrogen) atoms.